The first kappa shape index (κ1) is 19.5. The summed E-state index contributed by atoms with van der Waals surface area (Å²) >= 11 is 12.4. The first-order valence-corrected chi connectivity index (χ1v) is 10.5. The molecule has 0 aliphatic carbocycles. The topological polar surface area (TPSA) is 33.1 Å². The fourth-order valence-electron chi connectivity index (χ4n) is 4.41. The molecule has 3 heterocycles. The molecule has 0 atom stereocenters. The second kappa shape index (κ2) is 6.64. The third-order valence-electron chi connectivity index (χ3n) is 5.67. The van der Waals surface area contributed by atoms with Gasteiger partial charge in [0.05, 0.1) is 26.6 Å². The van der Waals surface area contributed by atoms with E-state index in [0.29, 0.717) is 27.5 Å². The highest BCUT2D eigenvalue weighted by atomic mass is 35.5. The van der Waals surface area contributed by atoms with Crippen molar-refractivity contribution in [2.45, 2.75) is 6.18 Å². The molecule has 0 bridgehead atoms. The van der Waals surface area contributed by atoms with Gasteiger partial charge in [-0.2, -0.15) is 13.2 Å². The number of fused-ring (bicyclic) bond motifs is 6. The van der Waals surface area contributed by atoms with Crippen LogP contribution in [0.4, 0.5) is 13.2 Å². The molecule has 0 aliphatic heterocycles. The van der Waals surface area contributed by atoms with Crippen molar-refractivity contribution in [3.05, 3.63) is 82.5 Å². The van der Waals surface area contributed by atoms with Crippen LogP contribution in [0.5, 0.6) is 0 Å². The van der Waals surface area contributed by atoms with E-state index in [9.17, 15) is 13.2 Å². The number of imidazole rings is 1. The molecule has 6 aromatic rings. The van der Waals surface area contributed by atoms with Crippen LogP contribution in [-0.4, -0.2) is 14.4 Å². The van der Waals surface area contributed by atoms with Crippen LogP contribution in [0.2, 0.25) is 10.0 Å². The van der Waals surface area contributed by atoms with E-state index in [-0.39, 0.29) is 26.6 Å². The molecular formula is C24H12Cl2F3N3. The number of hydrogen-bond donors (Lipinski definition) is 1. The van der Waals surface area contributed by atoms with Gasteiger partial charge < -0.3 is 4.98 Å². The molecular weight excluding hydrogens is 458 g/mol. The number of para-hydroxylation sites is 1. The van der Waals surface area contributed by atoms with Gasteiger partial charge in [0.25, 0.3) is 0 Å². The Morgan fingerprint density at radius 2 is 1.56 bits per heavy atom. The monoisotopic (exact) mass is 469 g/mol. The van der Waals surface area contributed by atoms with Crippen LogP contribution in [0.15, 0.2) is 66.7 Å². The quantitative estimate of drug-likeness (QED) is 0.259. The summed E-state index contributed by atoms with van der Waals surface area (Å²) in [4.78, 5) is 7.80. The third kappa shape index (κ3) is 2.66. The van der Waals surface area contributed by atoms with E-state index in [2.05, 4.69) is 9.97 Å². The Hall–Kier alpha value is -3.22. The maximum Gasteiger partial charge on any atom is 0.432 e. The molecule has 0 unspecified atom stereocenters. The van der Waals surface area contributed by atoms with Crippen LogP contribution >= 0.6 is 23.2 Å². The number of pyridine rings is 1. The number of nitrogens with one attached hydrogen (secondary N) is 1. The van der Waals surface area contributed by atoms with Crippen LogP contribution in [-0.2, 0) is 6.18 Å². The summed E-state index contributed by atoms with van der Waals surface area (Å²) in [5, 5.41) is 0.962. The summed E-state index contributed by atoms with van der Waals surface area (Å²) in [6, 6.07) is 19.1. The molecule has 0 fully saturated rings. The van der Waals surface area contributed by atoms with Gasteiger partial charge in [0.1, 0.15) is 11.3 Å². The van der Waals surface area contributed by atoms with E-state index in [0.717, 1.165) is 9.96 Å². The highest BCUT2D eigenvalue weighted by Gasteiger charge is 2.39. The van der Waals surface area contributed by atoms with Crippen molar-refractivity contribution in [3.63, 3.8) is 0 Å². The summed E-state index contributed by atoms with van der Waals surface area (Å²) in [6.45, 7) is 0. The van der Waals surface area contributed by atoms with Crippen molar-refractivity contribution in [1.82, 2.24) is 14.4 Å². The molecule has 0 aliphatic rings. The van der Waals surface area contributed by atoms with Crippen LogP contribution in [0, 0.1) is 0 Å². The van der Waals surface area contributed by atoms with E-state index in [1.165, 1.54) is 12.1 Å². The Balaban J connectivity index is 1.99. The van der Waals surface area contributed by atoms with Crippen molar-refractivity contribution >= 4 is 61.7 Å². The smallest absolute Gasteiger partial charge is 0.354 e. The zero-order valence-corrected chi connectivity index (χ0v) is 17.6. The van der Waals surface area contributed by atoms with Crippen LogP contribution in [0.1, 0.15) is 5.69 Å². The van der Waals surface area contributed by atoms with E-state index < -0.39 is 11.9 Å². The number of aromatic amines is 1. The molecule has 3 nitrogen and oxygen atoms in total. The van der Waals surface area contributed by atoms with E-state index >= 15 is 0 Å². The lowest BCUT2D eigenvalue weighted by Crippen LogP contribution is -2.13. The highest BCUT2D eigenvalue weighted by molar-refractivity contribution is 6.42. The number of alkyl halides is 3. The van der Waals surface area contributed by atoms with Gasteiger partial charge in [-0.25, -0.2) is 4.98 Å². The van der Waals surface area contributed by atoms with Gasteiger partial charge in [-0.15, -0.1) is 0 Å². The number of rotatable bonds is 1. The maximum absolute atomic E-state index is 14.7. The molecule has 8 heteroatoms. The van der Waals surface area contributed by atoms with Crippen LogP contribution in [0.25, 0.3) is 49.6 Å². The van der Waals surface area contributed by atoms with Crippen molar-refractivity contribution in [2.24, 2.45) is 0 Å². The normalized spacial score (nSPS) is 12.5. The van der Waals surface area contributed by atoms with Crippen LogP contribution in [0.3, 0.4) is 0 Å². The zero-order chi connectivity index (χ0) is 22.2. The van der Waals surface area contributed by atoms with Crippen molar-refractivity contribution < 1.29 is 13.2 Å². The number of nitrogens with zero attached hydrogens (tertiary/aromatic N) is 2. The van der Waals surface area contributed by atoms with Gasteiger partial charge in [-0.05, 0) is 23.8 Å². The van der Waals surface area contributed by atoms with Crippen LogP contribution < -0.4 is 0 Å². The SMILES string of the molecule is FC(F)(F)c1c2c([nH]c3ccccc32)c(-c2ccccc2)c2nc3cc(Cl)c(Cl)cc3n12. The average Bonchev–Trinajstić information content (AvgIpc) is 3.30. The average molecular weight is 470 g/mol. The van der Waals surface area contributed by atoms with E-state index in [4.69, 9.17) is 23.2 Å². The van der Waals surface area contributed by atoms with Gasteiger partial charge in [-0.1, -0.05) is 71.7 Å². The minimum Gasteiger partial charge on any atom is -0.354 e. The van der Waals surface area contributed by atoms with Gasteiger partial charge >= 0.3 is 6.18 Å². The van der Waals surface area contributed by atoms with Crippen molar-refractivity contribution in [3.8, 4) is 11.1 Å². The van der Waals surface area contributed by atoms with Gasteiger partial charge in [0.15, 0.2) is 0 Å². The summed E-state index contributed by atoms with van der Waals surface area (Å²) in [6.07, 6.45) is -4.66. The molecule has 0 radical (unpaired) electrons. The Morgan fingerprint density at radius 3 is 2.31 bits per heavy atom. The largest absolute Gasteiger partial charge is 0.432 e. The first-order valence-electron chi connectivity index (χ1n) is 9.71. The minimum absolute atomic E-state index is 0.0878. The zero-order valence-electron chi connectivity index (χ0n) is 16.1. The Kier molecular flexibility index (Phi) is 4.04. The molecule has 6 rings (SSSR count). The molecule has 158 valence electrons. The minimum atomic E-state index is -4.66. The number of H-pyrrole nitrogens is 1. The standard InChI is InChI=1S/C24H12Cl2F3N3/c25-14-10-17-18(11-15(14)26)32-22(24(27,28)29)20-13-8-4-5-9-16(13)30-21(20)19(23(32)31-17)12-6-2-1-3-7-12/h1-11,30H. The summed E-state index contributed by atoms with van der Waals surface area (Å²) in [5.41, 5.74) is 2.26. The molecule has 3 aromatic carbocycles. The summed E-state index contributed by atoms with van der Waals surface area (Å²) < 4.78 is 45.1. The predicted molar refractivity (Wildman–Crippen MR) is 123 cm³/mol. The summed E-state index contributed by atoms with van der Waals surface area (Å²) in [5.74, 6) is 0. The van der Waals surface area contributed by atoms with E-state index in [1.54, 1.807) is 24.3 Å². The Bertz CT molecular complexity index is 1680. The molecule has 0 saturated carbocycles. The van der Waals surface area contributed by atoms with Gasteiger partial charge in [0.2, 0.25) is 0 Å². The molecule has 1 N–H and O–H groups in total. The lowest BCUT2D eigenvalue weighted by Gasteiger charge is -2.16. The molecule has 32 heavy (non-hydrogen) atoms. The number of aromatic nitrogens is 3. The first-order chi connectivity index (χ1) is 15.3. The highest BCUT2D eigenvalue weighted by Crippen LogP contribution is 2.45. The molecule has 3 aromatic heterocycles. The predicted octanol–water partition coefficient (Wildman–Crippen LogP) is 8.11. The second-order valence-corrected chi connectivity index (χ2v) is 8.35. The third-order valence-corrected chi connectivity index (χ3v) is 6.39. The maximum atomic E-state index is 14.7. The fraction of sp³-hybridized carbons (Fsp3) is 0.0417. The number of hydrogen-bond acceptors (Lipinski definition) is 1. The molecule has 0 spiro atoms. The molecule has 0 saturated heterocycles. The van der Waals surface area contributed by atoms with Crippen molar-refractivity contribution in [1.29, 1.82) is 0 Å². The lowest BCUT2D eigenvalue weighted by atomic mass is 10.0. The van der Waals surface area contributed by atoms with E-state index in [1.807, 2.05) is 30.3 Å². The van der Waals surface area contributed by atoms with Crippen molar-refractivity contribution in [2.75, 3.05) is 0 Å². The lowest BCUT2D eigenvalue weighted by molar-refractivity contribution is -0.140. The van der Waals surface area contributed by atoms with Gasteiger partial charge in [0, 0.05) is 21.9 Å². The number of benzene rings is 3. The fourth-order valence-corrected chi connectivity index (χ4v) is 4.73. The second-order valence-electron chi connectivity index (χ2n) is 7.53. The van der Waals surface area contributed by atoms with Gasteiger partial charge in [-0.3, -0.25) is 4.40 Å². The summed E-state index contributed by atoms with van der Waals surface area (Å²) in [7, 11) is 0. The Morgan fingerprint density at radius 1 is 0.875 bits per heavy atom. The Labute approximate surface area is 189 Å². The molecule has 0 amide bonds. The number of halogens is 5.